The Balaban J connectivity index is 1.42. The molecule has 144 valence electrons. The van der Waals surface area contributed by atoms with E-state index in [0.29, 0.717) is 6.54 Å². The number of H-pyrrole nitrogens is 1. The lowest BCUT2D eigenvalue weighted by Crippen LogP contribution is -2.01. The normalized spacial score (nSPS) is 11.2. The maximum absolute atomic E-state index is 5.59. The van der Waals surface area contributed by atoms with Crippen molar-refractivity contribution in [1.82, 2.24) is 34.5 Å². The molecule has 0 aliphatic heterocycles. The second-order valence-electron chi connectivity index (χ2n) is 6.81. The van der Waals surface area contributed by atoms with E-state index in [1.165, 1.54) is 0 Å². The Labute approximate surface area is 166 Å². The smallest absolute Gasteiger partial charge is 0.143 e. The van der Waals surface area contributed by atoms with Gasteiger partial charge in [-0.25, -0.2) is 14.6 Å². The molecular formula is C21H19N7O. The summed E-state index contributed by atoms with van der Waals surface area (Å²) in [4.78, 5) is 12.2. The zero-order valence-electron chi connectivity index (χ0n) is 16.1. The zero-order chi connectivity index (χ0) is 19.8. The Bertz CT molecular complexity index is 1260. The number of benzene rings is 2. The number of para-hydroxylation sites is 2. The minimum absolute atomic E-state index is 0.519. The first-order valence-electron chi connectivity index (χ1n) is 9.23. The van der Waals surface area contributed by atoms with Crippen molar-refractivity contribution in [1.29, 1.82) is 0 Å². The highest BCUT2D eigenvalue weighted by Gasteiger charge is 2.11. The molecule has 0 radical (unpaired) electrons. The van der Waals surface area contributed by atoms with Crippen molar-refractivity contribution in [3.63, 3.8) is 0 Å². The summed E-state index contributed by atoms with van der Waals surface area (Å²) >= 11 is 0. The van der Waals surface area contributed by atoms with Crippen LogP contribution >= 0.6 is 0 Å². The Morgan fingerprint density at radius 2 is 2.00 bits per heavy atom. The molecule has 0 aliphatic carbocycles. The minimum Gasteiger partial charge on any atom is -0.495 e. The van der Waals surface area contributed by atoms with Gasteiger partial charge >= 0.3 is 0 Å². The standard InChI is InChI=1S/C21H19N7O/c1-14-10-27(13-22-14)19-8-7-15(9-20(19)29-2)18-11-28(26-25-18)12-21-23-16-5-3-4-6-17(16)24-21/h3-11,13H,12H2,1-2H3,(H,23,24). The van der Waals surface area contributed by atoms with Gasteiger partial charge < -0.3 is 14.3 Å². The van der Waals surface area contributed by atoms with Gasteiger partial charge in [-0.05, 0) is 31.2 Å². The predicted octanol–water partition coefficient (Wildman–Crippen LogP) is 3.37. The molecule has 0 fully saturated rings. The molecule has 0 unspecified atom stereocenters. The van der Waals surface area contributed by atoms with Gasteiger partial charge in [0.15, 0.2) is 0 Å². The molecule has 0 saturated heterocycles. The Morgan fingerprint density at radius 3 is 2.79 bits per heavy atom. The fourth-order valence-corrected chi connectivity index (χ4v) is 3.35. The quantitative estimate of drug-likeness (QED) is 0.501. The van der Waals surface area contributed by atoms with E-state index < -0.39 is 0 Å². The van der Waals surface area contributed by atoms with Crippen LogP contribution in [0.4, 0.5) is 0 Å². The van der Waals surface area contributed by atoms with Crippen LogP contribution in [0, 0.1) is 6.92 Å². The highest BCUT2D eigenvalue weighted by Crippen LogP contribution is 2.29. The molecular weight excluding hydrogens is 366 g/mol. The van der Waals surface area contributed by atoms with Crippen molar-refractivity contribution in [2.45, 2.75) is 13.5 Å². The molecule has 29 heavy (non-hydrogen) atoms. The van der Waals surface area contributed by atoms with Gasteiger partial charge in [0.1, 0.15) is 23.8 Å². The van der Waals surface area contributed by atoms with Gasteiger partial charge in [0.25, 0.3) is 0 Å². The number of hydrogen-bond acceptors (Lipinski definition) is 5. The molecule has 5 aromatic rings. The van der Waals surface area contributed by atoms with Crippen molar-refractivity contribution >= 4 is 11.0 Å². The molecule has 0 saturated carbocycles. The third-order valence-electron chi connectivity index (χ3n) is 4.75. The monoisotopic (exact) mass is 385 g/mol. The molecule has 3 aromatic heterocycles. The summed E-state index contributed by atoms with van der Waals surface area (Å²) in [5.41, 5.74) is 5.53. The van der Waals surface area contributed by atoms with E-state index in [2.05, 4.69) is 25.3 Å². The van der Waals surface area contributed by atoms with E-state index in [-0.39, 0.29) is 0 Å². The van der Waals surface area contributed by atoms with Gasteiger partial charge in [-0.15, -0.1) is 5.10 Å². The lowest BCUT2D eigenvalue weighted by molar-refractivity contribution is 0.413. The van der Waals surface area contributed by atoms with Gasteiger partial charge in [0.05, 0.1) is 42.0 Å². The van der Waals surface area contributed by atoms with E-state index in [0.717, 1.165) is 45.2 Å². The van der Waals surface area contributed by atoms with Crippen LogP contribution in [0.15, 0.2) is 61.2 Å². The number of fused-ring (bicyclic) bond motifs is 1. The number of ether oxygens (including phenoxy) is 1. The first-order valence-corrected chi connectivity index (χ1v) is 9.23. The van der Waals surface area contributed by atoms with Crippen LogP contribution in [0.5, 0.6) is 5.75 Å². The van der Waals surface area contributed by atoms with Crippen molar-refractivity contribution in [3.05, 3.63) is 72.7 Å². The summed E-state index contributed by atoms with van der Waals surface area (Å²) < 4.78 is 9.30. The Morgan fingerprint density at radius 1 is 1.10 bits per heavy atom. The molecule has 8 heteroatoms. The van der Waals surface area contributed by atoms with Gasteiger partial charge in [-0.2, -0.15) is 0 Å². The molecule has 3 heterocycles. The first kappa shape index (κ1) is 17.2. The maximum atomic E-state index is 5.59. The molecule has 0 bridgehead atoms. The van der Waals surface area contributed by atoms with E-state index in [1.54, 1.807) is 18.1 Å². The number of aryl methyl sites for hydroxylation is 1. The molecule has 2 aromatic carbocycles. The Hall–Kier alpha value is -3.94. The van der Waals surface area contributed by atoms with Crippen LogP contribution in [-0.2, 0) is 6.54 Å². The third-order valence-corrected chi connectivity index (χ3v) is 4.75. The number of hydrogen-bond donors (Lipinski definition) is 1. The van der Waals surface area contributed by atoms with Gasteiger partial charge in [0, 0.05) is 11.8 Å². The van der Waals surface area contributed by atoms with Crippen LogP contribution < -0.4 is 4.74 Å². The second-order valence-corrected chi connectivity index (χ2v) is 6.81. The number of aromatic amines is 1. The second kappa shape index (κ2) is 6.90. The number of aromatic nitrogens is 7. The molecule has 1 N–H and O–H groups in total. The largest absolute Gasteiger partial charge is 0.495 e. The van der Waals surface area contributed by atoms with Crippen molar-refractivity contribution in [2.24, 2.45) is 0 Å². The fraction of sp³-hybridized carbons (Fsp3) is 0.143. The number of nitrogens with zero attached hydrogens (tertiary/aromatic N) is 6. The first-order chi connectivity index (χ1) is 14.2. The van der Waals surface area contributed by atoms with Crippen molar-refractivity contribution < 1.29 is 4.74 Å². The van der Waals surface area contributed by atoms with Crippen LogP contribution in [0.1, 0.15) is 11.5 Å². The summed E-state index contributed by atoms with van der Waals surface area (Å²) in [6.45, 7) is 2.48. The van der Waals surface area contributed by atoms with Crippen LogP contribution in [0.25, 0.3) is 28.0 Å². The topological polar surface area (TPSA) is 86.4 Å². The van der Waals surface area contributed by atoms with E-state index >= 15 is 0 Å². The summed E-state index contributed by atoms with van der Waals surface area (Å²) in [7, 11) is 1.66. The molecule has 0 aliphatic rings. The van der Waals surface area contributed by atoms with E-state index in [4.69, 9.17) is 4.74 Å². The predicted molar refractivity (Wildman–Crippen MR) is 109 cm³/mol. The summed E-state index contributed by atoms with van der Waals surface area (Å²) in [5.74, 6) is 1.58. The maximum Gasteiger partial charge on any atom is 0.143 e. The third kappa shape index (κ3) is 3.25. The van der Waals surface area contributed by atoms with Gasteiger partial charge in [0.2, 0.25) is 0 Å². The number of methoxy groups -OCH3 is 1. The van der Waals surface area contributed by atoms with Crippen molar-refractivity contribution in [2.75, 3.05) is 7.11 Å². The molecule has 5 rings (SSSR count). The van der Waals surface area contributed by atoms with Crippen LogP contribution in [0.2, 0.25) is 0 Å². The van der Waals surface area contributed by atoms with E-state index in [1.807, 2.05) is 66.3 Å². The average molecular weight is 385 g/mol. The molecule has 8 nitrogen and oxygen atoms in total. The summed E-state index contributed by atoms with van der Waals surface area (Å²) in [6.07, 6.45) is 5.64. The highest BCUT2D eigenvalue weighted by atomic mass is 16.5. The van der Waals surface area contributed by atoms with Crippen LogP contribution in [0.3, 0.4) is 0 Å². The molecule has 0 spiro atoms. The number of nitrogens with one attached hydrogen (secondary N) is 1. The Kier molecular flexibility index (Phi) is 4.09. The van der Waals surface area contributed by atoms with Gasteiger partial charge in [-0.3, -0.25) is 0 Å². The van der Waals surface area contributed by atoms with Crippen molar-refractivity contribution in [3.8, 4) is 22.7 Å². The number of imidazole rings is 2. The summed E-state index contributed by atoms with van der Waals surface area (Å²) in [6, 6.07) is 13.9. The minimum atomic E-state index is 0.519. The zero-order valence-corrected chi connectivity index (χ0v) is 16.1. The average Bonchev–Trinajstić information content (AvgIpc) is 3.47. The lowest BCUT2D eigenvalue weighted by Gasteiger charge is -2.10. The highest BCUT2D eigenvalue weighted by molar-refractivity contribution is 5.74. The van der Waals surface area contributed by atoms with Gasteiger partial charge in [-0.1, -0.05) is 23.4 Å². The van der Waals surface area contributed by atoms with Crippen LogP contribution in [-0.4, -0.2) is 41.6 Å². The van der Waals surface area contributed by atoms with E-state index in [9.17, 15) is 0 Å². The number of rotatable bonds is 5. The summed E-state index contributed by atoms with van der Waals surface area (Å²) in [5, 5.41) is 8.56. The lowest BCUT2D eigenvalue weighted by atomic mass is 10.1. The molecule has 0 atom stereocenters. The SMILES string of the molecule is COc1cc(-c2cn(Cc3nc4ccccc4[nH]3)nn2)ccc1-n1cnc(C)c1. The molecule has 0 amide bonds. The fourth-order valence-electron chi connectivity index (χ4n) is 3.35.